The lowest BCUT2D eigenvalue weighted by Crippen LogP contribution is -2.48. The predicted octanol–water partition coefficient (Wildman–Crippen LogP) is 1.63. The number of carbonyl (C=O) groups is 1. The van der Waals surface area contributed by atoms with Crippen LogP contribution in [0.1, 0.15) is 32.3 Å². The van der Waals surface area contributed by atoms with Crippen molar-refractivity contribution in [3.05, 3.63) is 29.8 Å². The molecule has 0 radical (unpaired) electrons. The van der Waals surface area contributed by atoms with Crippen LogP contribution in [0.3, 0.4) is 0 Å². The van der Waals surface area contributed by atoms with Crippen LogP contribution in [0.2, 0.25) is 0 Å². The molecule has 1 amide bonds. The highest BCUT2D eigenvalue weighted by Crippen LogP contribution is 2.14. The molecule has 4 heteroatoms. The van der Waals surface area contributed by atoms with Crippen molar-refractivity contribution in [1.29, 1.82) is 0 Å². The zero-order valence-corrected chi connectivity index (χ0v) is 10.4. The van der Waals surface area contributed by atoms with Gasteiger partial charge in [-0.1, -0.05) is 25.5 Å². The van der Waals surface area contributed by atoms with Crippen LogP contribution in [0.5, 0.6) is 0 Å². The van der Waals surface area contributed by atoms with E-state index in [0.29, 0.717) is 12.1 Å². The summed E-state index contributed by atoms with van der Waals surface area (Å²) >= 11 is 0. The number of hydrogen-bond acceptors (Lipinski definition) is 3. The summed E-state index contributed by atoms with van der Waals surface area (Å²) in [5.74, 6) is -0.184. The van der Waals surface area contributed by atoms with Gasteiger partial charge in [0.25, 0.3) is 0 Å². The van der Waals surface area contributed by atoms with Gasteiger partial charge in [0.2, 0.25) is 5.91 Å². The zero-order chi connectivity index (χ0) is 12.9. The van der Waals surface area contributed by atoms with Gasteiger partial charge in [0.05, 0.1) is 12.1 Å². The van der Waals surface area contributed by atoms with E-state index in [2.05, 4.69) is 5.32 Å². The molecular weight excluding hydrogens is 216 g/mol. The van der Waals surface area contributed by atoms with Crippen molar-refractivity contribution >= 4 is 11.6 Å². The Balaban J connectivity index is 2.67. The number of aliphatic hydroxyl groups is 1. The summed E-state index contributed by atoms with van der Waals surface area (Å²) in [7, 11) is 0. The lowest BCUT2D eigenvalue weighted by Gasteiger charge is -2.22. The van der Waals surface area contributed by atoms with Gasteiger partial charge in [0.1, 0.15) is 0 Å². The maximum absolute atomic E-state index is 11.9. The van der Waals surface area contributed by atoms with Crippen LogP contribution in [0, 0.1) is 0 Å². The maximum Gasteiger partial charge on any atom is 0.244 e. The van der Waals surface area contributed by atoms with E-state index in [-0.39, 0.29) is 12.5 Å². The van der Waals surface area contributed by atoms with E-state index in [1.807, 2.05) is 6.92 Å². The van der Waals surface area contributed by atoms with E-state index in [9.17, 15) is 4.79 Å². The first-order valence-corrected chi connectivity index (χ1v) is 5.79. The molecule has 0 saturated heterocycles. The third-order valence-electron chi connectivity index (χ3n) is 2.68. The average molecular weight is 236 g/mol. The molecule has 0 fully saturated rings. The monoisotopic (exact) mass is 236 g/mol. The van der Waals surface area contributed by atoms with Crippen molar-refractivity contribution in [3.8, 4) is 0 Å². The first-order chi connectivity index (χ1) is 7.99. The molecule has 1 unspecified atom stereocenters. The summed E-state index contributed by atoms with van der Waals surface area (Å²) in [6.07, 6.45) is 1.51. The number of nitrogens with one attached hydrogen (secondary N) is 1. The summed E-state index contributed by atoms with van der Waals surface area (Å²) in [5.41, 5.74) is 6.59. The molecule has 0 spiro atoms. The number of amides is 1. The standard InChI is InChI=1S/C13H20N2O2/c1-3-8-13(2,14)12(17)15-11-6-4-10(9-16)5-7-11/h4-7,16H,3,8-9,14H2,1-2H3,(H,15,17). The summed E-state index contributed by atoms with van der Waals surface area (Å²) in [5, 5.41) is 11.7. The molecule has 17 heavy (non-hydrogen) atoms. The van der Waals surface area contributed by atoms with E-state index >= 15 is 0 Å². The Morgan fingerprint density at radius 3 is 2.47 bits per heavy atom. The SMILES string of the molecule is CCCC(C)(N)C(=O)Nc1ccc(CO)cc1. The first kappa shape index (κ1) is 13.7. The Morgan fingerprint density at radius 2 is 2.00 bits per heavy atom. The Labute approximate surface area is 102 Å². The van der Waals surface area contributed by atoms with Gasteiger partial charge in [0, 0.05) is 5.69 Å². The van der Waals surface area contributed by atoms with Crippen molar-refractivity contribution in [2.45, 2.75) is 38.8 Å². The lowest BCUT2D eigenvalue weighted by molar-refractivity contribution is -0.120. The number of rotatable bonds is 5. The predicted molar refractivity (Wildman–Crippen MR) is 68.5 cm³/mol. The van der Waals surface area contributed by atoms with Crippen LogP contribution in [0.25, 0.3) is 0 Å². The van der Waals surface area contributed by atoms with Crippen molar-refractivity contribution in [2.75, 3.05) is 5.32 Å². The van der Waals surface area contributed by atoms with E-state index in [1.165, 1.54) is 0 Å². The highest BCUT2D eigenvalue weighted by atomic mass is 16.3. The van der Waals surface area contributed by atoms with Crippen molar-refractivity contribution < 1.29 is 9.90 Å². The Hall–Kier alpha value is -1.39. The third-order valence-corrected chi connectivity index (χ3v) is 2.68. The topological polar surface area (TPSA) is 75.4 Å². The number of carbonyl (C=O) groups excluding carboxylic acids is 1. The quantitative estimate of drug-likeness (QED) is 0.727. The van der Waals surface area contributed by atoms with Gasteiger partial charge >= 0.3 is 0 Å². The smallest absolute Gasteiger partial charge is 0.244 e. The van der Waals surface area contributed by atoms with Crippen LogP contribution < -0.4 is 11.1 Å². The van der Waals surface area contributed by atoms with Gasteiger partial charge < -0.3 is 16.2 Å². The molecule has 1 rings (SSSR count). The fourth-order valence-corrected chi connectivity index (χ4v) is 1.60. The molecule has 1 aromatic rings. The van der Waals surface area contributed by atoms with Gasteiger partial charge in [-0.05, 0) is 31.0 Å². The molecule has 0 saturated carbocycles. The summed E-state index contributed by atoms with van der Waals surface area (Å²) in [6, 6.07) is 7.05. The van der Waals surface area contributed by atoms with Gasteiger partial charge in [-0.25, -0.2) is 0 Å². The number of aliphatic hydroxyl groups excluding tert-OH is 1. The minimum absolute atomic E-state index is 0.00132. The van der Waals surface area contributed by atoms with Crippen LogP contribution in [0.15, 0.2) is 24.3 Å². The maximum atomic E-state index is 11.9. The minimum Gasteiger partial charge on any atom is -0.392 e. The fraction of sp³-hybridized carbons (Fsp3) is 0.462. The molecular formula is C13H20N2O2. The van der Waals surface area contributed by atoms with Gasteiger partial charge in [0.15, 0.2) is 0 Å². The molecule has 4 N–H and O–H groups in total. The number of nitrogens with two attached hydrogens (primary N) is 1. The number of hydrogen-bond donors (Lipinski definition) is 3. The van der Waals surface area contributed by atoms with E-state index in [4.69, 9.17) is 10.8 Å². The molecule has 0 aliphatic rings. The second kappa shape index (κ2) is 5.80. The van der Waals surface area contributed by atoms with E-state index < -0.39 is 5.54 Å². The molecule has 1 aromatic carbocycles. The second-order valence-electron chi connectivity index (χ2n) is 4.48. The minimum atomic E-state index is -0.843. The van der Waals surface area contributed by atoms with Crippen molar-refractivity contribution in [1.82, 2.24) is 0 Å². The van der Waals surface area contributed by atoms with Crippen LogP contribution in [0.4, 0.5) is 5.69 Å². The summed E-state index contributed by atoms with van der Waals surface area (Å²) in [6.45, 7) is 3.72. The van der Waals surface area contributed by atoms with Crippen molar-refractivity contribution in [3.63, 3.8) is 0 Å². The van der Waals surface area contributed by atoms with E-state index in [1.54, 1.807) is 31.2 Å². The average Bonchev–Trinajstić information content (AvgIpc) is 2.30. The largest absolute Gasteiger partial charge is 0.392 e. The third kappa shape index (κ3) is 3.84. The van der Waals surface area contributed by atoms with Gasteiger partial charge in [-0.15, -0.1) is 0 Å². The Bertz CT molecular complexity index is 372. The zero-order valence-electron chi connectivity index (χ0n) is 10.4. The summed E-state index contributed by atoms with van der Waals surface area (Å²) in [4.78, 5) is 11.9. The highest BCUT2D eigenvalue weighted by molar-refractivity contribution is 5.97. The fourth-order valence-electron chi connectivity index (χ4n) is 1.60. The number of anilines is 1. The molecule has 0 aliphatic carbocycles. The van der Waals surface area contributed by atoms with Gasteiger partial charge in [-0.2, -0.15) is 0 Å². The van der Waals surface area contributed by atoms with Crippen LogP contribution >= 0.6 is 0 Å². The first-order valence-electron chi connectivity index (χ1n) is 5.79. The van der Waals surface area contributed by atoms with Crippen LogP contribution in [-0.2, 0) is 11.4 Å². The second-order valence-corrected chi connectivity index (χ2v) is 4.48. The lowest BCUT2D eigenvalue weighted by atomic mass is 9.96. The molecule has 1 atom stereocenters. The molecule has 94 valence electrons. The molecule has 0 aromatic heterocycles. The molecule has 0 heterocycles. The number of benzene rings is 1. The molecule has 0 bridgehead atoms. The highest BCUT2D eigenvalue weighted by Gasteiger charge is 2.26. The molecule has 0 aliphatic heterocycles. The Morgan fingerprint density at radius 1 is 1.41 bits per heavy atom. The normalized spacial score (nSPS) is 14.1. The van der Waals surface area contributed by atoms with E-state index in [0.717, 1.165) is 12.0 Å². The summed E-state index contributed by atoms with van der Waals surface area (Å²) < 4.78 is 0. The van der Waals surface area contributed by atoms with Crippen molar-refractivity contribution in [2.24, 2.45) is 5.73 Å². The van der Waals surface area contributed by atoms with Crippen LogP contribution in [-0.4, -0.2) is 16.6 Å². The Kier molecular flexibility index (Phi) is 4.66. The van der Waals surface area contributed by atoms with Gasteiger partial charge in [-0.3, -0.25) is 4.79 Å². The molecule has 4 nitrogen and oxygen atoms in total.